The molecule has 0 radical (unpaired) electrons. The second kappa shape index (κ2) is 15.0. The van der Waals surface area contributed by atoms with Crippen LogP contribution in [0.3, 0.4) is 0 Å². The van der Waals surface area contributed by atoms with Gasteiger partial charge >= 0.3 is 0 Å². The van der Waals surface area contributed by atoms with Crippen LogP contribution < -0.4 is 15.1 Å². The summed E-state index contributed by atoms with van der Waals surface area (Å²) in [6, 6.07) is 21.2. The maximum atomic E-state index is 13.2. The van der Waals surface area contributed by atoms with E-state index in [9.17, 15) is 19.5 Å². The highest BCUT2D eigenvalue weighted by Crippen LogP contribution is 2.46. The van der Waals surface area contributed by atoms with Crippen molar-refractivity contribution in [3.05, 3.63) is 88.5 Å². The number of phenolic OH excluding ortho intramolecular Hbond substituents is 1. The van der Waals surface area contributed by atoms with Gasteiger partial charge in [-0.3, -0.25) is 24.6 Å². The summed E-state index contributed by atoms with van der Waals surface area (Å²) in [4.78, 5) is 46.5. The number of piperidine rings is 2. The molecule has 0 aromatic heterocycles. The molecular formula is C45H55N5O4. The minimum atomic E-state index is -0.580. The predicted molar refractivity (Wildman–Crippen MR) is 211 cm³/mol. The topological polar surface area (TPSA) is 96.4 Å². The number of piperazine rings is 1. The lowest BCUT2D eigenvalue weighted by atomic mass is 9.69. The molecule has 3 saturated heterocycles. The molecule has 4 heterocycles. The summed E-state index contributed by atoms with van der Waals surface area (Å²) in [6.45, 7) is 7.76. The molecule has 0 unspecified atom stereocenters. The molecule has 54 heavy (non-hydrogen) atoms. The zero-order valence-corrected chi connectivity index (χ0v) is 31.6. The Kier molecular flexibility index (Phi) is 9.85. The SMILES string of the molecule is O=C1CC[C@H](N2Cc3cc(N4CCN(CC5CCN(c6ccc([C@@H]7c8ccc(O)cc8CC[C@@H]7CC7CCCC7)cc6)CC5)CC4)ccc3C2=O)C(=O)N1. The summed E-state index contributed by atoms with van der Waals surface area (Å²) in [5, 5.41) is 12.6. The number of amides is 3. The molecule has 0 spiro atoms. The fourth-order valence-corrected chi connectivity index (χ4v) is 10.8. The Balaban J connectivity index is 0.768. The molecule has 3 aromatic carbocycles. The highest BCUT2D eigenvalue weighted by atomic mass is 16.3. The van der Waals surface area contributed by atoms with E-state index >= 15 is 0 Å². The van der Waals surface area contributed by atoms with Gasteiger partial charge in [-0.1, -0.05) is 43.9 Å². The van der Waals surface area contributed by atoms with Crippen molar-refractivity contribution in [2.75, 3.05) is 55.6 Å². The number of anilines is 2. The summed E-state index contributed by atoms with van der Waals surface area (Å²) in [6.07, 6.45) is 12.3. The number of carbonyl (C=O) groups excluding carboxylic acids is 3. The number of hydrogen-bond donors (Lipinski definition) is 2. The number of imide groups is 1. The van der Waals surface area contributed by atoms with Crippen molar-refractivity contribution in [1.29, 1.82) is 0 Å². The molecule has 4 aliphatic heterocycles. The number of hydrogen-bond acceptors (Lipinski definition) is 7. The van der Waals surface area contributed by atoms with E-state index in [1.54, 1.807) is 4.90 Å². The van der Waals surface area contributed by atoms with Crippen molar-refractivity contribution >= 4 is 29.1 Å². The Morgan fingerprint density at radius 1 is 0.685 bits per heavy atom. The van der Waals surface area contributed by atoms with Gasteiger partial charge in [0, 0.05) is 81.6 Å². The lowest BCUT2D eigenvalue weighted by Gasteiger charge is -2.40. The first-order chi connectivity index (χ1) is 26.4. The van der Waals surface area contributed by atoms with Crippen molar-refractivity contribution in [1.82, 2.24) is 15.1 Å². The van der Waals surface area contributed by atoms with Crippen LogP contribution in [0.5, 0.6) is 5.75 Å². The Bertz CT molecular complexity index is 1870. The Labute approximate surface area is 319 Å². The first kappa shape index (κ1) is 35.3. The second-order valence-corrected chi connectivity index (χ2v) is 17.1. The van der Waals surface area contributed by atoms with Crippen LogP contribution in [-0.4, -0.2) is 84.5 Å². The standard InChI is InChI=1S/C45H55N5O4/c51-38-12-14-39-33(27-38)5-6-34(25-30-3-1-2-4-30)43(39)32-7-9-36(10-8-32)48-19-17-31(18-20-48)28-47-21-23-49(24-22-47)37-11-13-40-35(26-37)29-50(45(40)54)41-15-16-42(52)46-44(41)53/h7-14,26-27,30-31,34,41,43,51H,1-6,15-25,28-29H2,(H,46,52,53)/t34-,41+,43+/m1/s1. The normalized spacial score (nSPS) is 25.6. The maximum Gasteiger partial charge on any atom is 0.255 e. The third-order valence-corrected chi connectivity index (χ3v) is 13.8. The molecule has 9 heteroatoms. The Morgan fingerprint density at radius 3 is 2.19 bits per heavy atom. The molecule has 6 aliphatic rings. The van der Waals surface area contributed by atoms with Crippen LogP contribution in [0.2, 0.25) is 0 Å². The number of aromatic hydroxyl groups is 1. The molecule has 3 amide bonds. The number of rotatable bonds is 8. The smallest absolute Gasteiger partial charge is 0.255 e. The van der Waals surface area contributed by atoms with Crippen molar-refractivity contribution in [2.45, 2.75) is 89.1 Å². The maximum absolute atomic E-state index is 13.2. The first-order valence-corrected chi connectivity index (χ1v) is 20.8. The Hall–Kier alpha value is -4.37. The van der Waals surface area contributed by atoms with Crippen molar-refractivity contribution in [3.63, 3.8) is 0 Å². The summed E-state index contributed by atoms with van der Waals surface area (Å²) >= 11 is 0. The first-order valence-electron chi connectivity index (χ1n) is 20.8. The molecule has 1 saturated carbocycles. The largest absolute Gasteiger partial charge is 0.508 e. The van der Waals surface area contributed by atoms with E-state index in [2.05, 4.69) is 62.5 Å². The van der Waals surface area contributed by atoms with Crippen molar-refractivity contribution < 1.29 is 19.5 Å². The van der Waals surface area contributed by atoms with Gasteiger partial charge in [0.05, 0.1) is 0 Å². The van der Waals surface area contributed by atoms with Crippen LogP contribution in [0.15, 0.2) is 60.7 Å². The molecule has 284 valence electrons. The zero-order chi connectivity index (χ0) is 36.8. The molecule has 2 N–H and O–H groups in total. The van der Waals surface area contributed by atoms with E-state index in [0.29, 0.717) is 42.0 Å². The molecule has 9 nitrogen and oxygen atoms in total. The van der Waals surface area contributed by atoms with E-state index in [4.69, 9.17) is 0 Å². The molecule has 4 fully saturated rings. The number of aryl methyl sites for hydroxylation is 1. The fraction of sp³-hybridized carbons (Fsp3) is 0.533. The van der Waals surface area contributed by atoms with E-state index < -0.39 is 6.04 Å². The minimum absolute atomic E-state index is 0.116. The summed E-state index contributed by atoms with van der Waals surface area (Å²) in [5.41, 5.74) is 8.32. The molecule has 2 aliphatic carbocycles. The van der Waals surface area contributed by atoms with E-state index in [1.165, 1.54) is 73.7 Å². The quantitative estimate of drug-likeness (QED) is 0.257. The van der Waals surface area contributed by atoms with Gasteiger partial charge in [-0.15, -0.1) is 0 Å². The molecular weight excluding hydrogens is 675 g/mol. The second-order valence-electron chi connectivity index (χ2n) is 17.1. The van der Waals surface area contributed by atoms with Crippen LogP contribution in [0, 0.1) is 17.8 Å². The summed E-state index contributed by atoms with van der Waals surface area (Å²) in [7, 11) is 0. The van der Waals surface area contributed by atoms with Crippen molar-refractivity contribution in [2.24, 2.45) is 17.8 Å². The van der Waals surface area contributed by atoms with Gasteiger partial charge in [-0.25, -0.2) is 0 Å². The van der Waals surface area contributed by atoms with E-state index in [0.717, 1.165) is 69.4 Å². The highest BCUT2D eigenvalue weighted by Gasteiger charge is 2.39. The lowest BCUT2D eigenvalue weighted by molar-refractivity contribution is -0.136. The van der Waals surface area contributed by atoms with Crippen LogP contribution in [0.25, 0.3) is 0 Å². The highest BCUT2D eigenvalue weighted by molar-refractivity contribution is 6.05. The molecule has 3 atom stereocenters. The number of phenols is 1. The van der Waals surface area contributed by atoms with Gasteiger partial charge in [0.25, 0.3) is 5.91 Å². The van der Waals surface area contributed by atoms with Gasteiger partial charge < -0.3 is 19.8 Å². The number of fused-ring (bicyclic) bond motifs is 2. The fourth-order valence-electron chi connectivity index (χ4n) is 10.8. The lowest BCUT2D eigenvalue weighted by Crippen LogP contribution is -2.52. The van der Waals surface area contributed by atoms with Gasteiger partial charge in [0.1, 0.15) is 11.8 Å². The average molecular weight is 730 g/mol. The summed E-state index contributed by atoms with van der Waals surface area (Å²) < 4.78 is 0. The van der Waals surface area contributed by atoms with Crippen LogP contribution in [-0.2, 0) is 22.6 Å². The summed E-state index contributed by atoms with van der Waals surface area (Å²) in [5.74, 6) is 2.32. The van der Waals surface area contributed by atoms with Gasteiger partial charge in [-0.2, -0.15) is 0 Å². The Morgan fingerprint density at radius 2 is 1.43 bits per heavy atom. The zero-order valence-electron chi connectivity index (χ0n) is 31.6. The number of nitrogens with zero attached hydrogens (tertiary/aromatic N) is 4. The van der Waals surface area contributed by atoms with Crippen molar-refractivity contribution in [3.8, 4) is 5.75 Å². The predicted octanol–water partition coefficient (Wildman–Crippen LogP) is 6.47. The molecule has 0 bridgehead atoms. The van der Waals surface area contributed by atoms with E-state index in [-0.39, 0.29) is 24.1 Å². The van der Waals surface area contributed by atoms with Gasteiger partial charge in [-0.05, 0) is 121 Å². The average Bonchev–Trinajstić information content (AvgIpc) is 3.82. The van der Waals surface area contributed by atoms with Gasteiger partial charge in [0.2, 0.25) is 11.8 Å². The third-order valence-electron chi connectivity index (χ3n) is 13.8. The van der Waals surface area contributed by atoms with Crippen LogP contribution in [0.4, 0.5) is 11.4 Å². The molecule has 3 aromatic rings. The number of benzene rings is 3. The van der Waals surface area contributed by atoms with Crippen LogP contribution in [0.1, 0.15) is 103 Å². The minimum Gasteiger partial charge on any atom is -0.508 e. The van der Waals surface area contributed by atoms with Gasteiger partial charge in [0.15, 0.2) is 0 Å². The van der Waals surface area contributed by atoms with Crippen LogP contribution >= 0.6 is 0 Å². The van der Waals surface area contributed by atoms with E-state index in [1.807, 2.05) is 18.2 Å². The monoisotopic (exact) mass is 729 g/mol. The number of carbonyl (C=O) groups is 3. The third kappa shape index (κ3) is 7.12. The molecule has 9 rings (SSSR count). The number of nitrogens with one attached hydrogen (secondary N) is 1.